The molecule has 20 heavy (non-hydrogen) atoms. The maximum absolute atomic E-state index is 11.9. The summed E-state index contributed by atoms with van der Waals surface area (Å²) < 4.78 is 5.48. The summed E-state index contributed by atoms with van der Waals surface area (Å²) in [4.78, 5) is 16.3. The van der Waals surface area contributed by atoms with Crippen molar-refractivity contribution in [2.45, 2.75) is 40.2 Å². The Morgan fingerprint density at radius 2 is 2.00 bits per heavy atom. The van der Waals surface area contributed by atoms with E-state index in [-0.39, 0.29) is 17.5 Å². The predicted octanol–water partition coefficient (Wildman–Crippen LogP) is 4.28. The molecule has 0 N–H and O–H groups in total. The van der Waals surface area contributed by atoms with Crippen LogP contribution >= 0.6 is 0 Å². The zero-order chi connectivity index (χ0) is 14.8. The first-order valence-electron chi connectivity index (χ1n) is 6.89. The Labute approximate surface area is 120 Å². The number of pyridine rings is 1. The molecule has 106 valence electrons. The lowest BCUT2D eigenvalue weighted by molar-refractivity contribution is -0.150. The molecule has 0 radical (unpaired) electrons. The Bertz CT molecular complexity index is 614. The minimum atomic E-state index is -0.276. The number of carbonyl (C=O) groups is 1. The number of nitrogens with zero attached hydrogens (tertiary/aromatic N) is 1. The molecule has 3 heteroatoms. The second kappa shape index (κ2) is 5.61. The molecule has 0 bridgehead atoms. The summed E-state index contributed by atoms with van der Waals surface area (Å²) in [5, 5.41) is 1.06. The van der Waals surface area contributed by atoms with Crippen molar-refractivity contribution in [3.63, 3.8) is 0 Å². The molecule has 1 unspecified atom stereocenters. The van der Waals surface area contributed by atoms with Gasteiger partial charge in [0.05, 0.1) is 11.9 Å². The monoisotopic (exact) mass is 271 g/mol. The lowest BCUT2D eigenvalue weighted by atomic mass is 9.92. The van der Waals surface area contributed by atoms with Gasteiger partial charge in [-0.15, -0.1) is 0 Å². The van der Waals surface area contributed by atoms with Gasteiger partial charge in [0.1, 0.15) is 6.10 Å². The van der Waals surface area contributed by atoms with Crippen molar-refractivity contribution in [1.82, 2.24) is 4.98 Å². The first-order valence-corrected chi connectivity index (χ1v) is 6.89. The number of esters is 1. The zero-order valence-electron chi connectivity index (χ0n) is 12.5. The molecule has 3 nitrogen and oxygen atoms in total. The van der Waals surface area contributed by atoms with Crippen molar-refractivity contribution in [3.8, 4) is 0 Å². The Morgan fingerprint density at radius 3 is 2.70 bits per heavy atom. The molecule has 0 saturated carbocycles. The molecule has 2 rings (SSSR count). The van der Waals surface area contributed by atoms with Crippen molar-refractivity contribution >= 4 is 16.9 Å². The Balaban J connectivity index is 2.11. The number of rotatable bonds is 3. The van der Waals surface area contributed by atoms with E-state index in [1.165, 1.54) is 0 Å². The third kappa shape index (κ3) is 3.80. The fraction of sp³-hybridized carbons (Fsp3) is 0.412. The lowest BCUT2D eigenvalue weighted by Gasteiger charge is -2.19. The highest BCUT2D eigenvalue weighted by atomic mass is 16.5. The lowest BCUT2D eigenvalue weighted by Crippen LogP contribution is -2.17. The molecule has 0 saturated heterocycles. The molecule has 1 atom stereocenters. The van der Waals surface area contributed by atoms with Gasteiger partial charge < -0.3 is 4.74 Å². The summed E-state index contributed by atoms with van der Waals surface area (Å²) in [7, 11) is 0. The van der Waals surface area contributed by atoms with Crippen LogP contribution in [0.15, 0.2) is 36.5 Å². The quantitative estimate of drug-likeness (QED) is 0.782. The Morgan fingerprint density at radius 1 is 1.30 bits per heavy atom. The highest BCUT2D eigenvalue weighted by Gasteiger charge is 2.19. The van der Waals surface area contributed by atoms with Crippen molar-refractivity contribution in [1.29, 1.82) is 0 Å². The third-order valence-corrected chi connectivity index (χ3v) is 3.06. The third-order valence-electron chi connectivity index (χ3n) is 3.06. The molecular formula is C17H21NO2. The van der Waals surface area contributed by atoms with Crippen LogP contribution in [-0.4, -0.2) is 11.0 Å². The zero-order valence-corrected chi connectivity index (χ0v) is 12.5. The Hall–Kier alpha value is -1.90. The minimum Gasteiger partial charge on any atom is -0.458 e. The SMILES string of the molecule is CC(OC(=O)CC(C)(C)C)c1cnc2ccccc2c1. The summed E-state index contributed by atoms with van der Waals surface area (Å²) in [6.07, 6.45) is 1.91. The van der Waals surface area contributed by atoms with E-state index in [4.69, 9.17) is 4.74 Å². The van der Waals surface area contributed by atoms with E-state index in [1.54, 1.807) is 6.20 Å². The van der Waals surface area contributed by atoms with Gasteiger partial charge in [0.15, 0.2) is 0 Å². The molecule has 2 aromatic rings. The van der Waals surface area contributed by atoms with Gasteiger partial charge in [0.2, 0.25) is 0 Å². The van der Waals surface area contributed by atoms with Crippen LogP contribution in [0.2, 0.25) is 0 Å². The van der Waals surface area contributed by atoms with Crippen molar-refractivity contribution in [2.24, 2.45) is 5.41 Å². The number of hydrogen-bond acceptors (Lipinski definition) is 3. The molecule has 0 fully saturated rings. The van der Waals surface area contributed by atoms with Crippen LogP contribution in [-0.2, 0) is 9.53 Å². The van der Waals surface area contributed by atoms with Crippen LogP contribution < -0.4 is 0 Å². The van der Waals surface area contributed by atoms with Gasteiger partial charge in [-0.05, 0) is 24.5 Å². The number of carbonyl (C=O) groups excluding carboxylic acids is 1. The van der Waals surface area contributed by atoms with Crippen LogP contribution in [0.5, 0.6) is 0 Å². The van der Waals surface area contributed by atoms with E-state index in [2.05, 4.69) is 4.98 Å². The number of ether oxygens (including phenoxy) is 1. The number of aromatic nitrogens is 1. The van der Waals surface area contributed by atoms with E-state index in [0.717, 1.165) is 16.5 Å². The molecule has 0 aliphatic heterocycles. The smallest absolute Gasteiger partial charge is 0.306 e. The van der Waals surface area contributed by atoms with Crippen molar-refractivity contribution < 1.29 is 9.53 Å². The van der Waals surface area contributed by atoms with Gasteiger partial charge in [-0.1, -0.05) is 39.0 Å². The number of fused-ring (bicyclic) bond motifs is 1. The van der Waals surface area contributed by atoms with Gasteiger partial charge >= 0.3 is 5.97 Å². The van der Waals surface area contributed by atoms with E-state index >= 15 is 0 Å². The van der Waals surface area contributed by atoms with Crippen molar-refractivity contribution in [2.75, 3.05) is 0 Å². The second-order valence-corrected chi connectivity index (χ2v) is 6.33. The van der Waals surface area contributed by atoms with Gasteiger partial charge in [0.25, 0.3) is 0 Å². The fourth-order valence-corrected chi connectivity index (χ4v) is 2.05. The fourth-order valence-electron chi connectivity index (χ4n) is 2.05. The first kappa shape index (κ1) is 14.5. The second-order valence-electron chi connectivity index (χ2n) is 6.33. The summed E-state index contributed by atoms with van der Waals surface area (Å²) in [5.41, 5.74) is 1.81. The summed E-state index contributed by atoms with van der Waals surface area (Å²) in [6.45, 7) is 7.95. The number of hydrogen-bond donors (Lipinski definition) is 0. The van der Waals surface area contributed by atoms with Crippen LogP contribution in [0.4, 0.5) is 0 Å². The summed E-state index contributed by atoms with van der Waals surface area (Å²) in [5.74, 6) is -0.168. The van der Waals surface area contributed by atoms with Crippen molar-refractivity contribution in [3.05, 3.63) is 42.1 Å². The van der Waals surface area contributed by atoms with E-state index < -0.39 is 0 Å². The van der Waals surface area contributed by atoms with Crippen LogP contribution in [0.3, 0.4) is 0 Å². The highest BCUT2D eigenvalue weighted by Crippen LogP contribution is 2.24. The molecule has 1 heterocycles. The van der Waals surface area contributed by atoms with Crippen LogP contribution in [0, 0.1) is 5.41 Å². The normalized spacial score (nSPS) is 13.2. The predicted molar refractivity (Wildman–Crippen MR) is 80.3 cm³/mol. The molecule has 0 aliphatic rings. The minimum absolute atomic E-state index is 0.0571. The average molecular weight is 271 g/mol. The summed E-state index contributed by atoms with van der Waals surface area (Å²) >= 11 is 0. The standard InChI is InChI=1S/C17H21NO2/c1-12(20-16(19)10-17(2,3)4)14-9-13-7-5-6-8-15(13)18-11-14/h5-9,11-12H,10H2,1-4H3. The summed E-state index contributed by atoms with van der Waals surface area (Å²) in [6, 6.07) is 9.94. The number of para-hydroxylation sites is 1. The topological polar surface area (TPSA) is 39.2 Å². The van der Waals surface area contributed by atoms with E-state index in [0.29, 0.717) is 6.42 Å². The van der Waals surface area contributed by atoms with Gasteiger partial charge in [-0.2, -0.15) is 0 Å². The van der Waals surface area contributed by atoms with Gasteiger partial charge in [-0.25, -0.2) is 0 Å². The van der Waals surface area contributed by atoms with Crippen LogP contribution in [0.25, 0.3) is 10.9 Å². The van der Waals surface area contributed by atoms with Gasteiger partial charge in [0, 0.05) is 17.1 Å². The first-order chi connectivity index (χ1) is 9.35. The largest absolute Gasteiger partial charge is 0.458 e. The molecule has 0 amide bonds. The maximum Gasteiger partial charge on any atom is 0.306 e. The average Bonchev–Trinajstić information content (AvgIpc) is 2.35. The van der Waals surface area contributed by atoms with E-state index in [1.807, 2.05) is 58.0 Å². The maximum atomic E-state index is 11.9. The molecule has 1 aromatic carbocycles. The Kier molecular flexibility index (Phi) is 4.07. The van der Waals surface area contributed by atoms with Crippen LogP contribution in [0.1, 0.15) is 45.8 Å². The molecular weight excluding hydrogens is 250 g/mol. The van der Waals surface area contributed by atoms with Gasteiger partial charge in [-0.3, -0.25) is 9.78 Å². The molecule has 0 spiro atoms. The van der Waals surface area contributed by atoms with E-state index in [9.17, 15) is 4.79 Å². The molecule has 0 aliphatic carbocycles. The number of benzene rings is 1. The molecule has 1 aromatic heterocycles. The highest BCUT2D eigenvalue weighted by molar-refractivity contribution is 5.79.